The van der Waals surface area contributed by atoms with Crippen LogP contribution in [0.5, 0.6) is 11.5 Å². The monoisotopic (exact) mass is 424 g/mol. The van der Waals surface area contributed by atoms with Gasteiger partial charge < -0.3 is 24.4 Å². The Bertz CT molecular complexity index is 946. The zero-order valence-corrected chi connectivity index (χ0v) is 17.9. The van der Waals surface area contributed by atoms with Crippen molar-refractivity contribution in [3.05, 3.63) is 59.2 Å². The Morgan fingerprint density at radius 1 is 1.13 bits per heavy atom. The molecule has 1 aliphatic heterocycles. The highest BCUT2D eigenvalue weighted by Gasteiger charge is 2.44. The number of nitrogens with zero attached hydrogens (tertiary/aromatic N) is 1. The van der Waals surface area contributed by atoms with Crippen LogP contribution in [0.15, 0.2) is 42.5 Å². The van der Waals surface area contributed by atoms with Crippen molar-refractivity contribution in [2.24, 2.45) is 5.92 Å². The Labute approximate surface area is 182 Å². The van der Waals surface area contributed by atoms with Gasteiger partial charge in [-0.15, -0.1) is 0 Å². The topological polar surface area (TPSA) is 77.1 Å². The molecule has 0 saturated carbocycles. The number of rotatable bonds is 7. The van der Waals surface area contributed by atoms with Gasteiger partial charge in [0.05, 0.1) is 20.1 Å². The van der Waals surface area contributed by atoms with E-state index in [-0.39, 0.29) is 24.3 Å². The summed E-state index contributed by atoms with van der Waals surface area (Å²) in [4.78, 5) is 27.0. The van der Waals surface area contributed by atoms with Crippen LogP contribution in [-0.2, 0) is 22.6 Å². The van der Waals surface area contributed by atoms with Crippen LogP contribution in [-0.4, -0.2) is 50.8 Å². The molecule has 164 valence electrons. The van der Waals surface area contributed by atoms with Crippen LogP contribution in [0.1, 0.15) is 29.0 Å². The van der Waals surface area contributed by atoms with Crippen LogP contribution < -0.4 is 14.8 Å². The van der Waals surface area contributed by atoms with Crippen molar-refractivity contribution in [2.45, 2.75) is 25.4 Å². The van der Waals surface area contributed by atoms with Crippen molar-refractivity contribution < 1.29 is 23.8 Å². The first kappa shape index (κ1) is 21.0. The van der Waals surface area contributed by atoms with Crippen molar-refractivity contribution in [1.29, 1.82) is 0 Å². The maximum atomic E-state index is 13.2. The average molecular weight is 424 g/mol. The van der Waals surface area contributed by atoms with Crippen LogP contribution in [0, 0.1) is 5.92 Å². The highest BCUT2D eigenvalue weighted by atomic mass is 16.5. The normalized spacial score (nSPS) is 19.4. The van der Waals surface area contributed by atoms with E-state index < -0.39 is 6.09 Å². The summed E-state index contributed by atoms with van der Waals surface area (Å²) in [5.74, 6) is 1.65. The lowest BCUT2D eigenvalue weighted by atomic mass is 9.76. The van der Waals surface area contributed by atoms with Crippen LogP contribution in [0.2, 0.25) is 0 Å². The summed E-state index contributed by atoms with van der Waals surface area (Å²) < 4.78 is 16.2. The van der Waals surface area contributed by atoms with Crippen molar-refractivity contribution in [3.8, 4) is 11.5 Å². The molecule has 2 atom stereocenters. The third kappa shape index (κ3) is 4.31. The lowest BCUT2D eigenvalue weighted by Gasteiger charge is -2.28. The second kappa shape index (κ2) is 9.29. The molecule has 7 heteroatoms. The molecule has 2 aromatic carbocycles. The molecule has 0 aromatic heterocycles. The molecule has 0 spiro atoms. The van der Waals surface area contributed by atoms with E-state index in [1.807, 2.05) is 47.4 Å². The van der Waals surface area contributed by atoms with E-state index in [1.54, 1.807) is 14.2 Å². The Kier molecular flexibility index (Phi) is 6.30. The summed E-state index contributed by atoms with van der Waals surface area (Å²) in [6.45, 7) is 1.76. The van der Waals surface area contributed by atoms with Crippen molar-refractivity contribution in [1.82, 2.24) is 10.2 Å². The Morgan fingerprint density at radius 3 is 2.68 bits per heavy atom. The molecule has 0 radical (unpaired) electrons. The number of carbonyl (C=O) groups is 2. The number of likely N-dealkylation sites (tertiary alicyclic amines) is 1. The first-order valence-electron chi connectivity index (χ1n) is 10.6. The fraction of sp³-hybridized carbons (Fsp3) is 0.417. The van der Waals surface area contributed by atoms with Crippen LogP contribution in [0.4, 0.5) is 4.79 Å². The number of fused-ring (bicyclic) bond motifs is 3. The minimum absolute atomic E-state index is 0.109. The van der Waals surface area contributed by atoms with E-state index in [0.717, 1.165) is 35.3 Å². The zero-order chi connectivity index (χ0) is 21.8. The van der Waals surface area contributed by atoms with Gasteiger partial charge in [-0.05, 0) is 36.0 Å². The fourth-order valence-electron chi connectivity index (χ4n) is 4.68. The summed E-state index contributed by atoms with van der Waals surface area (Å²) >= 11 is 0. The molecular weight excluding hydrogens is 396 g/mol. The zero-order valence-electron chi connectivity index (χ0n) is 17.9. The molecule has 7 nitrogen and oxygen atoms in total. The molecule has 4 rings (SSSR count). The molecular formula is C24H28N2O5. The number of hydrogen-bond donors (Lipinski definition) is 1. The number of nitrogens with one attached hydrogen (secondary N) is 1. The standard InChI is InChI=1S/C24H28N2O5/c1-29-20-11-10-18-19(22(20)30-2)9-8-17-14-26(23(27)21(17)18)13-12-25-24(28)31-15-16-6-4-3-5-7-16/h3-7,10-11,17,21H,8-9,12-15H2,1-2H3,(H,25,28)/t17-,21-/m0/s1. The molecule has 31 heavy (non-hydrogen) atoms. The summed E-state index contributed by atoms with van der Waals surface area (Å²) in [5.41, 5.74) is 3.04. The lowest BCUT2D eigenvalue weighted by Crippen LogP contribution is -2.36. The number of ether oxygens (including phenoxy) is 3. The van der Waals surface area contributed by atoms with Crippen LogP contribution >= 0.6 is 0 Å². The Hall–Kier alpha value is -3.22. The first-order valence-corrected chi connectivity index (χ1v) is 10.6. The third-order valence-electron chi connectivity index (χ3n) is 6.15. The van der Waals surface area contributed by atoms with E-state index in [0.29, 0.717) is 25.4 Å². The maximum absolute atomic E-state index is 13.2. The van der Waals surface area contributed by atoms with E-state index in [2.05, 4.69) is 5.32 Å². The minimum atomic E-state index is -0.477. The molecule has 0 bridgehead atoms. The van der Waals surface area contributed by atoms with E-state index in [9.17, 15) is 9.59 Å². The van der Waals surface area contributed by atoms with Gasteiger partial charge in [0.2, 0.25) is 5.91 Å². The van der Waals surface area contributed by atoms with Crippen molar-refractivity contribution in [3.63, 3.8) is 0 Å². The van der Waals surface area contributed by atoms with Crippen LogP contribution in [0.3, 0.4) is 0 Å². The smallest absolute Gasteiger partial charge is 0.407 e. The van der Waals surface area contributed by atoms with Gasteiger partial charge in [-0.2, -0.15) is 0 Å². The van der Waals surface area contributed by atoms with E-state index >= 15 is 0 Å². The lowest BCUT2D eigenvalue weighted by molar-refractivity contribution is -0.129. The predicted octanol–water partition coefficient (Wildman–Crippen LogP) is 3.12. The second-order valence-electron chi connectivity index (χ2n) is 7.92. The molecule has 2 amide bonds. The van der Waals surface area contributed by atoms with Gasteiger partial charge in [0.25, 0.3) is 0 Å². The molecule has 2 aliphatic rings. The van der Waals surface area contributed by atoms with Gasteiger partial charge in [0.15, 0.2) is 11.5 Å². The highest BCUT2D eigenvalue weighted by Crippen LogP contribution is 2.47. The first-order chi connectivity index (χ1) is 15.1. The highest BCUT2D eigenvalue weighted by molar-refractivity contribution is 5.87. The van der Waals surface area contributed by atoms with Gasteiger partial charge in [-0.3, -0.25) is 4.79 Å². The van der Waals surface area contributed by atoms with Gasteiger partial charge >= 0.3 is 6.09 Å². The fourth-order valence-corrected chi connectivity index (χ4v) is 4.68. The van der Waals surface area contributed by atoms with E-state index in [4.69, 9.17) is 14.2 Å². The number of alkyl carbamates (subject to hydrolysis) is 1. The van der Waals surface area contributed by atoms with Crippen molar-refractivity contribution >= 4 is 12.0 Å². The summed E-state index contributed by atoms with van der Waals surface area (Å²) in [6.07, 6.45) is 1.31. The number of methoxy groups -OCH3 is 2. The molecule has 1 aliphatic carbocycles. The Balaban J connectivity index is 1.33. The summed E-state index contributed by atoms with van der Waals surface area (Å²) in [6, 6.07) is 13.4. The number of benzene rings is 2. The molecule has 1 saturated heterocycles. The third-order valence-corrected chi connectivity index (χ3v) is 6.15. The molecule has 1 N–H and O–H groups in total. The molecule has 1 fully saturated rings. The second-order valence-corrected chi connectivity index (χ2v) is 7.92. The number of carbonyl (C=O) groups excluding carboxylic acids is 2. The molecule has 0 unspecified atom stereocenters. The van der Waals surface area contributed by atoms with Gasteiger partial charge in [0.1, 0.15) is 6.61 Å². The summed E-state index contributed by atoms with van der Waals surface area (Å²) in [5, 5.41) is 2.74. The van der Waals surface area contributed by atoms with Crippen molar-refractivity contribution in [2.75, 3.05) is 33.9 Å². The predicted molar refractivity (Wildman–Crippen MR) is 115 cm³/mol. The molecule has 1 heterocycles. The van der Waals surface area contributed by atoms with Gasteiger partial charge in [-0.1, -0.05) is 36.4 Å². The SMILES string of the molecule is COc1ccc2c(c1OC)CC[C@H]1CN(CCNC(=O)OCc3ccccc3)C(=O)[C@H]21. The minimum Gasteiger partial charge on any atom is -0.493 e. The summed E-state index contributed by atoms with van der Waals surface area (Å²) in [7, 11) is 3.26. The van der Waals surface area contributed by atoms with E-state index in [1.165, 1.54) is 0 Å². The average Bonchev–Trinajstić information content (AvgIpc) is 3.13. The van der Waals surface area contributed by atoms with Gasteiger partial charge in [0, 0.05) is 25.2 Å². The quantitative estimate of drug-likeness (QED) is 0.739. The number of hydrogen-bond acceptors (Lipinski definition) is 5. The van der Waals surface area contributed by atoms with Crippen LogP contribution in [0.25, 0.3) is 0 Å². The molecule has 2 aromatic rings. The largest absolute Gasteiger partial charge is 0.493 e. The Morgan fingerprint density at radius 2 is 1.94 bits per heavy atom. The van der Waals surface area contributed by atoms with Gasteiger partial charge in [-0.25, -0.2) is 4.79 Å². The maximum Gasteiger partial charge on any atom is 0.407 e. The number of amides is 2.